The fraction of sp³-hybridized carbons (Fsp3) is 0.611. The second-order valence-corrected chi connectivity index (χ2v) is 7.98. The number of nitrogens with one attached hydrogen (secondary N) is 2. The van der Waals surface area contributed by atoms with Gasteiger partial charge in [-0.1, -0.05) is 34.1 Å². The summed E-state index contributed by atoms with van der Waals surface area (Å²) in [4.78, 5) is 11.5. The van der Waals surface area contributed by atoms with Crippen LogP contribution in [0.4, 0.5) is 4.79 Å². The van der Waals surface area contributed by atoms with E-state index < -0.39 is 5.60 Å². The number of halogens is 1. The van der Waals surface area contributed by atoms with E-state index in [4.69, 9.17) is 4.74 Å². The zero-order valence-electron chi connectivity index (χ0n) is 14.2. The van der Waals surface area contributed by atoms with Crippen LogP contribution in [0, 0.1) is 0 Å². The lowest BCUT2D eigenvalue weighted by atomic mass is 9.76. The lowest BCUT2D eigenvalue weighted by Crippen LogP contribution is -2.41. The van der Waals surface area contributed by atoms with Crippen molar-refractivity contribution in [2.24, 2.45) is 0 Å². The first-order valence-corrected chi connectivity index (χ1v) is 9.09. The number of alkyl carbamates (subject to hydrolysis) is 1. The molecule has 2 N–H and O–H groups in total. The van der Waals surface area contributed by atoms with Crippen LogP contribution >= 0.6 is 15.9 Å². The molecule has 128 valence electrons. The number of hydrogen-bond donors (Lipinski definition) is 2. The SMILES string of the molecule is CC(C)(C)OC(=O)NCCCNC1CC(c2ccccc2Br)C1. The summed E-state index contributed by atoms with van der Waals surface area (Å²) in [7, 11) is 0. The molecule has 1 saturated carbocycles. The second-order valence-electron chi connectivity index (χ2n) is 7.12. The molecule has 0 saturated heterocycles. The Hall–Kier alpha value is -1.07. The highest BCUT2D eigenvalue weighted by atomic mass is 79.9. The van der Waals surface area contributed by atoms with Gasteiger partial charge >= 0.3 is 6.09 Å². The molecule has 1 aromatic carbocycles. The van der Waals surface area contributed by atoms with Crippen LogP contribution in [0.15, 0.2) is 28.7 Å². The van der Waals surface area contributed by atoms with Crippen molar-refractivity contribution in [2.45, 2.75) is 57.6 Å². The van der Waals surface area contributed by atoms with E-state index in [-0.39, 0.29) is 6.09 Å². The Balaban J connectivity index is 1.54. The molecule has 5 heteroatoms. The normalized spacial score (nSPS) is 20.7. The number of hydrogen-bond acceptors (Lipinski definition) is 3. The van der Waals surface area contributed by atoms with Gasteiger partial charge in [0.05, 0.1) is 0 Å². The Morgan fingerprint density at radius 3 is 2.61 bits per heavy atom. The molecule has 1 aromatic rings. The maximum atomic E-state index is 11.5. The van der Waals surface area contributed by atoms with Crippen LogP contribution < -0.4 is 10.6 Å². The summed E-state index contributed by atoms with van der Waals surface area (Å²) >= 11 is 3.63. The van der Waals surface area contributed by atoms with Crippen molar-refractivity contribution in [3.63, 3.8) is 0 Å². The number of carbonyl (C=O) groups is 1. The van der Waals surface area contributed by atoms with Crippen molar-refractivity contribution in [1.82, 2.24) is 10.6 Å². The van der Waals surface area contributed by atoms with Crippen molar-refractivity contribution >= 4 is 22.0 Å². The van der Waals surface area contributed by atoms with Gasteiger partial charge in [0.2, 0.25) is 0 Å². The monoisotopic (exact) mass is 382 g/mol. The van der Waals surface area contributed by atoms with Gasteiger partial charge in [0, 0.05) is 17.1 Å². The molecule has 0 bridgehead atoms. The van der Waals surface area contributed by atoms with Crippen molar-refractivity contribution in [3.05, 3.63) is 34.3 Å². The maximum absolute atomic E-state index is 11.5. The largest absolute Gasteiger partial charge is 0.444 e. The molecule has 0 aromatic heterocycles. The van der Waals surface area contributed by atoms with Crippen LogP contribution in [0.3, 0.4) is 0 Å². The first-order chi connectivity index (χ1) is 10.8. The topological polar surface area (TPSA) is 50.4 Å². The second kappa shape index (κ2) is 8.15. The van der Waals surface area contributed by atoms with Crippen LogP contribution in [0.1, 0.15) is 51.5 Å². The van der Waals surface area contributed by atoms with Gasteiger partial charge in [0.15, 0.2) is 0 Å². The minimum atomic E-state index is -0.436. The Bertz CT molecular complexity index is 522. The van der Waals surface area contributed by atoms with Gasteiger partial charge in [0.25, 0.3) is 0 Å². The van der Waals surface area contributed by atoms with Gasteiger partial charge < -0.3 is 15.4 Å². The molecule has 0 atom stereocenters. The van der Waals surface area contributed by atoms with Gasteiger partial charge in [-0.3, -0.25) is 0 Å². The van der Waals surface area contributed by atoms with Crippen molar-refractivity contribution in [1.29, 1.82) is 0 Å². The van der Waals surface area contributed by atoms with E-state index in [9.17, 15) is 4.79 Å². The third-order valence-electron chi connectivity index (χ3n) is 3.94. The highest BCUT2D eigenvalue weighted by Crippen LogP contribution is 2.39. The molecular weight excluding hydrogens is 356 g/mol. The van der Waals surface area contributed by atoms with Gasteiger partial charge in [0.1, 0.15) is 5.60 Å². The summed E-state index contributed by atoms with van der Waals surface area (Å²) < 4.78 is 6.41. The minimum Gasteiger partial charge on any atom is -0.444 e. The summed E-state index contributed by atoms with van der Waals surface area (Å²) in [5.41, 5.74) is 0.978. The smallest absolute Gasteiger partial charge is 0.407 e. The number of ether oxygens (including phenoxy) is 1. The van der Waals surface area contributed by atoms with E-state index in [0.29, 0.717) is 18.5 Å². The average Bonchev–Trinajstić information content (AvgIpc) is 2.40. The molecule has 0 heterocycles. The average molecular weight is 383 g/mol. The number of benzene rings is 1. The third-order valence-corrected chi connectivity index (χ3v) is 4.66. The Morgan fingerprint density at radius 2 is 1.96 bits per heavy atom. The standard InChI is InChI=1S/C18H27BrN2O2/c1-18(2,3)23-17(22)21-10-6-9-20-14-11-13(12-14)15-7-4-5-8-16(15)19/h4-5,7-8,13-14,20H,6,9-12H2,1-3H3,(H,21,22). The van der Waals surface area contributed by atoms with Gasteiger partial charge in [-0.05, 0) is 64.1 Å². The molecule has 1 amide bonds. The summed E-state index contributed by atoms with van der Waals surface area (Å²) in [5, 5.41) is 6.34. The Morgan fingerprint density at radius 1 is 1.26 bits per heavy atom. The van der Waals surface area contributed by atoms with Crippen molar-refractivity contribution < 1.29 is 9.53 Å². The summed E-state index contributed by atoms with van der Waals surface area (Å²) in [6.07, 6.45) is 2.94. The molecule has 0 spiro atoms. The summed E-state index contributed by atoms with van der Waals surface area (Å²) in [6, 6.07) is 9.06. The molecule has 23 heavy (non-hydrogen) atoms. The predicted octanol–water partition coefficient (Wildman–Crippen LogP) is 4.20. The zero-order chi connectivity index (χ0) is 16.9. The van der Waals surface area contributed by atoms with Gasteiger partial charge in [-0.2, -0.15) is 0 Å². The summed E-state index contributed by atoms with van der Waals surface area (Å²) in [5.74, 6) is 0.656. The van der Waals surface area contributed by atoms with Crippen molar-refractivity contribution in [2.75, 3.05) is 13.1 Å². The van der Waals surface area contributed by atoms with E-state index >= 15 is 0 Å². The molecule has 0 aliphatic heterocycles. The van der Waals surface area contributed by atoms with Crippen LogP contribution in [0.25, 0.3) is 0 Å². The lowest BCUT2D eigenvalue weighted by molar-refractivity contribution is 0.0527. The number of amides is 1. The number of rotatable bonds is 6. The molecule has 1 fully saturated rings. The van der Waals surface area contributed by atoms with Crippen LogP contribution in [0.2, 0.25) is 0 Å². The van der Waals surface area contributed by atoms with Crippen LogP contribution in [-0.4, -0.2) is 30.8 Å². The fourth-order valence-electron chi connectivity index (χ4n) is 2.74. The molecule has 0 unspecified atom stereocenters. The maximum Gasteiger partial charge on any atom is 0.407 e. The van der Waals surface area contributed by atoms with Gasteiger partial charge in [-0.25, -0.2) is 4.79 Å². The molecule has 1 aliphatic carbocycles. The molecule has 2 rings (SSSR count). The molecule has 0 radical (unpaired) electrons. The zero-order valence-corrected chi connectivity index (χ0v) is 15.8. The first-order valence-electron chi connectivity index (χ1n) is 8.30. The quantitative estimate of drug-likeness (QED) is 0.724. The Labute approximate surface area is 147 Å². The summed E-state index contributed by atoms with van der Waals surface area (Å²) in [6.45, 7) is 7.16. The van der Waals surface area contributed by atoms with Crippen LogP contribution in [-0.2, 0) is 4.74 Å². The molecular formula is C18H27BrN2O2. The highest BCUT2D eigenvalue weighted by Gasteiger charge is 2.30. The molecule has 1 aliphatic rings. The molecule has 4 nitrogen and oxygen atoms in total. The van der Waals surface area contributed by atoms with E-state index in [1.54, 1.807) is 0 Å². The first kappa shape index (κ1) is 18.3. The van der Waals surface area contributed by atoms with E-state index in [1.165, 1.54) is 22.9 Å². The fourth-order valence-corrected chi connectivity index (χ4v) is 3.35. The van der Waals surface area contributed by atoms with Crippen LogP contribution in [0.5, 0.6) is 0 Å². The van der Waals surface area contributed by atoms with E-state index in [1.807, 2.05) is 20.8 Å². The minimum absolute atomic E-state index is 0.338. The van der Waals surface area contributed by atoms with E-state index in [2.05, 4.69) is 50.8 Å². The third kappa shape index (κ3) is 6.15. The lowest BCUT2D eigenvalue weighted by Gasteiger charge is -2.37. The Kier molecular flexibility index (Phi) is 6.48. The predicted molar refractivity (Wildman–Crippen MR) is 96.8 cm³/mol. The number of carbonyl (C=O) groups excluding carboxylic acids is 1. The van der Waals surface area contributed by atoms with E-state index in [0.717, 1.165) is 13.0 Å². The van der Waals surface area contributed by atoms with Crippen molar-refractivity contribution in [3.8, 4) is 0 Å². The highest BCUT2D eigenvalue weighted by molar-refractivity contribution is 9.10. The van der Waals surface area contributed by atoms with Gasteiger partial charge in [-0.15, -0.1) is 0 Å².